The molecule has 0 bridgehead atoms. The number of rotatable bonds is 21. The van der Waals surface area contributed by atoms with Gasteiger partial charge in [-0.2, -0.15) is 9.97 Å². The zero-order chi connectivity index (χ0) is 81.1. The number of nitrogens with zero attached hydrogens (tertiary/aromatic N) is 12. The summed E-state index contributed by atoms with van der Waals surface area (Å²) >= 11 is 0. The molecule has 3 unspecified atom stereocenters. The van der Waals surface area contributed by atoms with Crippen LogP contribution in [-0.4, -0.2) is 135 Å². The number of hydrogen-bond acceptors (Lipinski definition) is 27. The molecular formula is C80H93ClN18O15S. The van der Waals surface area contributed by atoms with Gasteiger partial charge in [0.05, 0.1) is 27.5 Å². The molecule has 2 saturated heterocycles. The number of nitrogens with one attached hydrogen (secondary N) is 5. The van der Waals surface area contributed by atoms with E-state index < -0.39 is 28.9 Å². The third kappa shape index (κ3) is 21.9. The summed E-state index contributed by atoms with van der Waals surface area (Å²) in [4.78, 5) is 160. The van der Waals surface area contributed by atoms with Crippen LogP contribution >= 0.6 is 12.4 Å². The molecule has 8 N–H and O–H groups in total. The van der Waals surface area contributed by atoms with Gasteiger partial charge in [0.15, 0.2) is 29.9 Å². The van der Waals surface area contributed by atoms with E-state index in [1.807, 2.05) is 0 Å². The van der Waals surface area contributed by atoms with Crippen molar-refractivity contribution in [1.29, 1.82) is 0 Å². The first-order valence-electron chi connectivity index (χ1n) is 37.9. The van der Waals surface area contributed by atoms with E-state index in [9.17, 15) is 47.4 Å². The number of fused-ring (bicyclic) bond motifs is 3. The molecule has 3 amide bonds. The molecule has 2 aliphatic heterocycles. The van der Waals surface area contributed by atoms with Crippen LogP contribution in [0.5, 0.6) is 0 Å². The molecule has 606 valence electrons. The van der Waals surface area contributed by atoms with Gasteiger partial charge in [0.1, 0.15) is 34.4 Å². The van der Waals surface area contributed by atoms with Gasteiger partial charge in [0, 0.05) is 122 Å². The Kier molecular flexibility index (Phi) is 30.3. The zero-order valence-electron chi connectivity index (χ0n) is 64.8. The maximum Gasteiger partial charge on any atom is 0.267 e. The van der Waals surface area contributed by atoms with Crippen LogP contribution in [-0.2, 0) is 44.3 Å². The highest BCUT2D eigenvalue weighted by atomic mass is 35.5. The molecule has 9 aromatic heterocycles. The first-order valence-corrected chi connectivity index (χ1v) is 39.4. The van der Waals surface area contributed by atoms with E-state index in [2.05, 4.69) is 66.4 Å². The second-order valence-corrected chi connectivity index (χ2v) is 29.4. The van der Waals surface area contributed by atoms with Gasteiger partial charge in [-0.25, -0.2) is 61.0 Å². The summed E-state index contributed by atoms with van der Waals surface area (Å²) in [6.07, 6.45) is 36.2. The number of halogens is 1. The normalized spacial score (nSPS) is 16.8. The van der Waals surface area contributed by atoms with E-state index in [4.69, 9.17) is 30.1 Å². The number of hydroxylamine groups is 3. The van der Waals surface area contributed by atoms with Crippen LogP contribution in [0.4, 0.5) is 29.4 Å². The van der Waals surface area contributed by atoms with Gasteiger partial charge < -0.3 is 25.8 Å². The fourth-order valence-electron chi connectivity index (χ4n) is 14.4. The lowest BCUT2D eigenvalue weighted by atomic mass is 10.0. The number of ketones is 3. The molecule has 3 aliphatic carbocycles. The van der Waals surface area contributed by atoms with Crippen molar-refractivity contribution < 1.29 is 57.3 Å². The molecule has 11 heterocycles. The first-order chi connectivity index (χ1) is 54.9. The highest BCUT2D eigenvalue weighted by Gasteiger charge is 2.30. The Morgan fingerprint density at radius 3 is 1.15 bits per heavy atom. The van der Waals surface area contributed by atoms with Crippen LogP contribution in [0, 0.1) is 20.8 Å². The molecule has 0 spiro atoms. The van der Waals surface area contributed by atoms with Crippen LogP contribution < -0.4 is 49.5 Å². The molecule has 33 nitrogen and oxygen atoms in total. The third-order valence-electron chi connectivity index (χ3n) is 20.1. The Bertz CT molecular complexity index is 5360. The second-order valence-electron chi connectivity index (χ2n) is 28.2. The van der Waals surface area contributed by atoms with E-state index in [-0.39, 0.29) is 105 Å². The monoisotopic (exact) mass is 1610 g/mol. The van der Waals surface area contributed by atoms with Crippen LogP contribution in [0.2, 0.25) is 0 Å². The van der Waals surface area contributed by atoms with Gasteiger partial charge in [0.2, 0.25) is 17.1 Å². The van der Waals surface area contributed by atoms with Crippen molar-refractivity contribution in [3.8, 4) is 0 Å². The minimum absolute atomic E-state index is 0. The Balaban J connectivity index is 0.000000167. The largest absolute Gasteiger partial charge is 0.384 e. The van der Waals surface area contributed by atoms with Crippen LogP contribution in [0.3, 0.4) is 0 Å². The summed E-state index contributed by atoms with van der Waals surface area (Å²) in [6.45, 7) is 10.8. The number of ether oxygens (including phenoxy) is 2. The summed E-state index contributed by atoms with van der Waals surface area (Å²) in [5, 5.41) is 16.9. The number of carbonyl (C=O) groups excluding carboxylic acids is 6. The predicted octanol–water partition coefficient (Wildman–Crippen LogP) is 11.0. The number of hydrogen-bond donors (Lipinski definition) is 7. The molecule has 115 heavy (non-hydrogen) atoms. The van der Waals surface area contributed by atoms with E-state index in [0.29, 0.717) is 97.5 Å². The standard InChI is InChI=1S/C28H32N6O5.C23H24N6O4.C16H19N3O3S.C13H17N3O3.ClH/c1-17-21-16-30-28(32-26(21)34(20-7-3-4-8-20)27(37)25(17)18(2)35)31-22-12-10-19(15-29-22)11-13-23(36)33-39-24-9-5-6-14-38-24;1-13-17-12-25-23(26-18-9-7-15(11-24-18)8-10-19(31)28-33)27-21(17)29(16-5-3-4-6-16)22(32)20(13)14(2)30;1-9-12-8-17-16(23(3)22)18-14(12)19(11-6-4-5-7-11)15(21)13(9)10(2)20;14-11-6-4-10(9-15-11)5-7-12(17)16-19-13-3-1-2-8-18-13;/h10-13,15-16,20,24H,3-9,14H2,1-2H3,(H,33,36)(H,29,30,31,32);7-12,16,33H,3-6H2,1-2H3,(H,28,31)(H,24,25,26,27);8,11H,4-7H2,1-3H3;4-7,9,13H,1-3,8H2,(H2,14,15)(H,16,17);1H/b13-11+;10-8+;;7-5+;. The lowest BCUT2D eigenvalue weighted by molar-refractivity contribution is -0.198. The number of aromatic nitrogens is 12. The minimum atomic E-state index is -1.33. The number of amides is 3. The fourth-order valence-corrected chi connectivity index (χ4v) is 14.8. The van der Waals surface area contributed by atoms with Gasteiger partial charge in [-0.15, -0.1) is 12.4 Å². The first kappa shape index (κ1) is 86.0. The van der Waals surface area contributed by atoms with Crippen LogP contribution in [0.25, 0.3) is 51.3 Å². The highest BCUT2D eigenvalue weighted by Crippen LogP contribution is 2.36. The summed E-state index contributed by atoms with van der Waals surface area (Å²) < 4.78 is 27.4. The number of aryl methyl sites for hydroxylation is 3. The maximum absolute atomic E-state index is 13.4. The average molecular weight is 1610 g/mol. The molecule has 0 aromatic carbocycles. The smallest absolute Gasteiger partial charge is 0.267 e. The number of carbonyl (C=O) groups is 6. The van der Waals surface area contributed by atoms with E-state index in [0.717, 1.165) is 121 Å². The van der Waals surface area contributed by atoms with E-state index in [1.54, 1.807) is 120 Å². The van der Waals surface area contributed by atoms with Crippen molar-refractivity contribution in [3.05, 3.63) is 173 Å². The van der Waals surface area contributed by atoms with Crippen molar-refractivity contribution in [2.75, 3.05) is 35.8 Å². The van der Waals surface area contributed by atoms with Crippen molar-refractivity contribution in [2.24, 2.45) is 0 Å². The van der Waals surface area contributed by atoms with Gasteiger partial charge in [-0.1, -0.05) is 38.5 Å². The Morgan fingerprint density at radius 1 is 0.478 bits per heavy atom. The van der Waals surface area contributed by atoms with Crippen molar-refractivity contribution in [1.82, 2.24) is 75.0 Å². The van der Waals surface area contributed by atoms with Crippen molar-refractivity contribution in [2.45, 2.75) is 193 Å². The molecule has 9 aromatic rings. The minimum Gasteiger partial charge on any atom is -0.384 e. The Hall–Kier alpha value is -11.4. The topological polar surface area (TPSA) is 445 Å². The predicted molar refractivity (Wildman–Crippen MR) is 434 cm³/mol. The molecule has 5 fully saturated rings. The molecule has 0 radical (unpaired) electrons. The second kappa shape index (κ2) is 40.6. The van der Waals surface area contributed by atoms with Crippen LogP contribution in [0.15, 0.2) is 111 Å². The average Bonchev–Trinajstić information content (AvgIpc) is 1.60. The van der Waals surface area contributed by atoms with Crippen LogP contribution in [0.1, 0.15) is 219 Å². The van der Waals surface area contributed by atoms with Crippen molar-refractivity contribution in [3.63, 3.8) is 0 Å². The van der Waals surface area contributed by atoms with Gasteiger partial charge in [-0.05, 0) is 194 Å². The number of Topliss-reactive ketones (excluding diaryl/α,β-unsaturated/α-hetero) is 3. The number of nitrogens with two attached hydrogens (primary N) is 1. The summed E-state index contributed by atoms with van der Waals surface area (Å²) in [5.74, 6) is -0.149. The lowest BCUT2D eigenvalue weighted by Gasteiger charge is -2.21. The third-order valence-corrected chi connectivity index (χ3v) is 20.8. The lowest BCUT2D eigenvalue weighted by Crippen LogP contribution is -2.32. The van der Waals surface area contributed by atoms with Gasteiger partial charge >= 0.3 is 0 Å². The Labute approximate surface area is 669 Å². The van der Waals surface area contributed by atoms with E-state index >= 15 is 0 Å². The highest BCUT2D eigenvalue weighted by molar-refractivity contribution is 7.84. The van der Waals surface area contributed by atoms with Crippen molar-refractivity contribution >= 4 is 139 Å². The fraction of sp³-hybridized carbons (Fsp3) is 0.400. The molecule has 5 aliphatic rings. The Morgan fingerprint density at radius 2 is 0.826 bits per heavy atom. The van der Waals surface area contributed by atoms with E-state index in [1.165, 1.54) is 56.8 Å². The summed E-state index contributed by atoms with van der Waals surface area (Å²) in [7, 11) is -1.33. The number of nitrogen functional groups attached to an aromatic ring is 1. The summed E-state index contributed by atoms with van der Waals surface area (Å²) in [6, 6.07) is 10.4. The number of pyridine rings is 6. The molecule has 3 atom stereocenters. The zero-order valence-corrected chi connectivity index (χ0v) is 66.5. The quantitative estimate of drug-likeness (QED) is 0.0115. The molecule has 3 saturated carbocycles. The number of anilines is 5. The van der Waals surface area contributed by atoms with Gasteiger partial charge in [0.25, 0.3) is 34.4 Å². The molecule has 35 heteroatoms. The SMILES string of the molecule is CC(=O)c1c(C)c2cnc(Nc3ccc(/C=C/C(=O)NO)cn3)nc2n(C2CCCC2)c1=O.CC(=O)c1c(C)c2cnc(Nc3ccc(/C=C/C(=O)NOC4CCCCO4)cn3)nc2n(C2CCCC2)c1=O.CC(=O)c1c(C)c2cnc(S(C)=O)nc2n(C2CCCC2)c1=O.Cl.Nc1ccc(/C=C/C(=O)NOC2CCCCO2)cn1. The molecular weight excluding hydrogens is 1520 g/mol. The van der Waals surface area contributed by atoms with Gasteiger partial charge in [-0.3, -0.25) is 66.3 Å². The summed E-state index contributed by atoms with van der Waals surface area (Å²) in [5.41, 5.74) is 16.9. The maximum atomic E-state index is 13.4. The molecule has 14 rings (SSSR count).